The van der Waals surface area contributed by atoms with Crippen molar-refractivity contribution in [3.05, 3.63) is 0 Å². The van der Waals surface area contributed by atoms with Crippen molar-refractivity contribution in [2.45, 2.75) is 52.4 Å². The van der Waals surface area contributed by atoms with Gasteiger partial charge in [0, 0.05) is 0 Å². The van der Waals surface area contributed by atoms with E-state index < -0.39 is 0 Å². The molecule has 2 rings (SSSR count). The van der Waals surface area contributed by atoms with Crippen LogP contribution in [0.4, 0.5) is 0 Å². The molecule has 0 amide bonds. The fourth-order valence-electron chi connectivity index (χ4n) is 3.09. The maximum atomic E-state index is 11.4. The lowest BCUT2D eigenvalue weighted by atomic mass is 10.0. The Hall–Kier alpha value is -0.530. The average molecular weight is 224 g/mol. The van der Waals surface area contributed by atoms with Crippen molar-refractivity contribution in [2.75, 3.05) is 6.61 Å². The lowest BCUT2D eigenvalue weighted by Crippen LogP contribution is -2.14. The SMILES string of the molecule is CC(C)C(=O)OCC1[C@H]2CCCCCC[C@@H]12. The number of ether oxygens (including phenoxy) is 1. The molecular formula is C14H24O2. The molecule has 0 aromatic rings. The Kier molecular flexibility index (Phi) is 3.88. The molecule has 2 aliphatic rings. The van der Waals surface area contributed by atoms with Crippen LogP contribution in [0.1, 0.15) is 52.4 Å². The van der Waals surface area contributed by atoms with Crippen LogP contribution in [0.25, 0.3) is 0 Å². The quantitative estimate of drug-likeness (QED) is 0.687. The van der Waals surface area contributed by atoms with Gasteiger partial charge in [-0.2, -0.15) is 0 Å². The molecule has 0 aromatic carbocycles. The van der Waals surface area contributed by atoms with Crippen molar-refractivity contribution in [1.29, 1.82) is 0 Å². The Balaban J connectivity index is 1.73. The molecule has 0 bridgehead atoms. The monoisotopic (exact) mass is 224 g/mol. The van der Waals surface area contributed by atoms with Gasteiger partial charge in [-0.05, 0) is 30.6 Å². The largest absolute Gasteiger partial charge is 0.465 e. The molecule has 1 unspecified atom stereocenters. The summed E-state index contributed by atoms with van der Waals surface area (Å²) >= 11 is 0. The van der Waals surface area contributed by atoms with Crippen molar-refractivity contribution >= 4 is 5.97 Å². The molecular weight excluding hydrogens is 200 g/mol. The van der Waals surface area contributed by atoms with Gasteiger partial charge in [0.1, 0.15) is 0 Å². The summed E-state index contributed by atoms with van der Waals surface area (Å²) in [5, 5.41) is 0. The summed E-state index contributed by atoms with van der Waals surface area (Å²) in [5.74, 6) is 2.44. The van der Waals surface area contributed by atoms with E-state index in [0.29, 0.717) is 12.5 Å². The third-order valence-electron chi connectivity index (χ3n) is 4.22. The molecule has 0 heterocycles. The maximum absolute atomic E-state index is 11.4. The summed E-state index contributed by atoms with van der Waals surface area (Å²) in [6, 6.07) is 0. The molecule has 16 heavy (non-hydrogen) atoms. The number of rotatable bonds is 3. The van der Waals surface area contributed by atoms with Crippen LogP contribution in [0.2, 0.25) is 0 Å². The van der Waals surface area contributed by atoms with Crippen LogP contribution in [-0.4, -0.2) is 12.6 Å². The topological polar surface area (TPSA) is 26.3 Å². The van der Waals surface area contributed by atoms with Gasteiger partial charge in [-0.3, -0.25) is 4.79 Å². The van der Waals surface area contributed by atoms with Gasteiger partial charge in [-0.1, -0.05) is 39.5 Å². The highest BCUT2D eigenvalue weighted by molar-refractivity contribution is 5.71. The molecule has 2 fully saturated rings. The zero-order chi connectivity index (χ0) is 11.5. The number of fused-ring (bicyclic) bond motifs is 1. The first-order valence-electron chi connectivity index (χ1n) is 6.87. The molecule has 0 radical (unpaired) electrons. The molecule has 3 atom stereocenters. The molecule has 0 spiro atoms. The summed E-state index contributed by atoms with van der Waals surface area (Å²) in [5.41, 5.74) is 0. The van der Waals surface area contributed by atoms with Gasteiger partial charge in [-0.15, -0.1) is 0 Å². The molecule has 2 heteroatoms. The van der Waals surface area contributed by atoms with Crippen LogP contribution in [-0.2, 0) is 9.53 Å². The first-order valence-corrected chi connectivity index (χ1v) is 6.87. The van der Waals surface area contributed by atoms with E-state index in [1.54, 1.807) is 0 Å². The standard InChI is InChI=1S/C14H24O2/c1-10(2)14(15)16-9-13-11-7-5-3-4-6-8-12(11)13/h10-13H,3-9H2,1-2H3/t11-,12+,13?. The minimum atomic E-state index is -0.0285. The van der Waals surface area contributed by atoms with E-state index in [1.165, 1.54) is 38.5 Å². The first-order chi connectivity index (χ1) is 7.70. The number of hydrogen-bond acceptors (Lipinski definition) is 2. The van der Waals surface area contributed by atoms with Crippen molar-refractivity contribution in [2.24, 2.45) is 23.7 Å². The predicted molar refractivity (Wildman–Crippen MR) is 64.0 cm³/mol. The number of hydrogen-bond donors (Lipinski definition) is 0. The van der Waals surface area contributed by atoms with Crippen molar-refractivity contribution in [3.63, 3.8) is 0 Å². The van der Waals surface area contributed by atoms with E-state index >= 15 is 0 Å². The molecule has 2 saturated carbocycles. The van der Waals surface area contributed by atoms with Crippen LogP contribution in [0.5, 0.6) is 0 Å². The molecule has 0 aromatic heterocycles. The second-order valence-electron chi connectivity index (χ2n) is 5.77. The van der Waals surface area contributed by atoms with Crippen LogP contribution in [0, 0.1) is 23.7 Å². The van der Waals surface area contributed by atoms with Crippen molar-refractivity contribution < 1.29 is 9.53 Å². The normalized spacial score (nSPS) is 33.8. The van der Waals surface area contributed by atoms with E-state index in [1.807, 2.05) is 13.8 Å². The summed E-state index contributed by atoms with van der Waals surface area (Å²) in [6.45, 7) is 4.49. The Morgan fingerprint density at radius 2 is 1.69 bits per heavy atom. The maximum Gasteiger partial charge on any atom is 0.308 e. The van der Waals surface area contributed by atoms with Gasteiger partial charge in [0.25, 0.3) is 0 Å². The van der Waals surface area contributed by atoms with E-state index in [2.05, 4.69) is 0 Å². The smallest absolute Gasteiger partial charge is 0.308 e. The van der Waals surface area contributed by atoms with Gasteiger partial charge in [0.05, 0.1) is 12.5 Å². The zero-order valence-corrected chi connectivity index (χ0v) is 10.6. The predicted octanol–water partition coefficient (Wildman–Crippen LogP) is 3.40. The molecule has 0 N–H and O–H groups in total. The molecule has 2 nitrogen and oxygen atoms in total. The summed E-state index contributed by atoms with van der Waals surface area (Å²) in [6.07, 6.45) is 8.32. The zero-order valence-electron chi connectivity index (χ0n) is 10.6. The van der Waals surface area contributed by atoms with E-state index in [9.17, 15) is 4.79 Å². The fraction of sp³-hybridized carbons (Fsp3) is 0.929. The fourth-order valence-corrected chi connectivity index (χ4v) is 3.09. The number of esters is 1. The van der Waals surface area contributed by atoms with Crippen molar-refractivity contribution in [1.82, 2.24) is 0 Å². The van der Waals surface area contributed by atoms with Crippen LogP contribution >= 0.6 is 0 Å². The highest BCUT2D eigenvalue weighted by atomic mass is 16.5. The second kappa shape index (κ2) is 5.20. The van der Waals surface area contributed by atoms with E-state index in [4.69, 9.17) is 4.74 Å². The molecule has 92 valence electrons. The Bertz CT molecular complexity index is 233. The third-order valence-corrected chi connectivity index (χ3v) is 4.22. The lowest BCUT2D eigenvalue weighted by molar-refractivity contribution is -0.148. The van der Waals surface area contributed by atoms with E-state index in [0.717, 1.165) is 11.8 Å². The third kappa shape index (κ3) is 2.78. The van der Waals surface area contributed by atoms with Crippen LogP contribution in [0.3, 0.4) is 0 Å². The van der Waals surface area contributed by atoms with Gasteiger partial charge in [0.2, 0.25) is 0 Å². The Morgan fingerprint density at radius 1 is 1.12 bits per heavy atom. The Labute approximate surface area is 98.7 Å². The van der Waals surface area contributed by atoms with Gasteiger partial charge < -0.3 is 4.74 Å². The summed E-state index contributed by atoms with van der Waals surface area (Å²) in [4.78, 5) is 11.4. The first kappa shape index (κ1) is 11.9. The lowest BCUT2D eigenvalue weighted by Gasteiger charge is -2.06. The van der Waals surface area contributed by atoms with Gasteiger partial charge >= 0.3 is 5.97 Å². The van der Waals surface area contributed by atoms with Gasteiger partial charge in [-0.25, -0.2) is 0 Å². The van der Waals surface area contributed by atoms with Crippen LogP contribution in [0.15, 0.2) is 0 Å². The highest BCUT2D eigenvalue weighted by Gasteiger charge is 2.49. The second-order valence-corrected chi connectivity index (χ2v) is 5.77. The number of carbonyl (C=O) groups is 1. The minimum absolute atomic E-state index is 0.0198. The number of carbonyl (C=O) groups excluding carboxylic acids is 1. The Morgan fingerprint density at radius 3 is 2.19 bits per heavy atom. The summed E-state index contributed by atoms with van der Waals surface area (Å²) in [7, 11) is 0. The molecule has 0 aliphatic heterocycles. The van der Waals surface area contributed by atoms with Crippen LogP contribution < -0.4 is 0 Å². The van der Waals surface area contributed by atoms with Gasteiger partial charge in [0.15, 0.2) is 0 Å². The van der Waals surface area contributed by atoms with Crippen molar-refractivity contribution in [3.8, 4) is 0 Å². The minimum Gasteiger partial charge on any atom is -0.465 e. The van der Waals surface area contributed by atoms with E-state index in [-0.39, 0.29) is 11.9 Å². The molecule has 0 saturated heterocycles. The summed E-state index contributed by atoms with van der Waals surface area (Å²) < 4.78 is 5.36. The highest BCUT2D eigenvalue weighted by Crippen LogP contribution is 2.53. The molecule has 2 aliphatic carbocycles. The average Bonchev–Trinajstić information content (AvgIpc) is 2.84.